The van der Waals surface area contributed by atoms with Crippen molar-refractivity contribution in [3.05, 3.63) is 48.0 Å². The van der Waals surface area contributed by atoms with Gasteiger partial charge < -0.3 is 26.8 Å². The summed E-state index contributed by atoms with van der Waals surface area (Å²) in [6.07, 6.45) is 0.776. The molecule has 2 aromatic carbocycles. The predicted octanol–water partition coefficient (Wildman–Crippen LogP) is 0.720. The van der Waals surface area contributed by atoms with Crippen molar-refractivity contribution in [2.75, 3.05) is 6.54 Å². The summed E-state index contributed by atoms with van der Waals surface area (Å²) in [5, 5.41) is 26.2. The average Bonchev–Trinajstić information content (AvgIpc) is 2.69. The van der Waals surface area contributed by atoms with Crippen LogP contribution in [0.4, 0.5) is 0 Å². The maximum absolute atomic E-state index is 12.8. The van der Waals surface area contributed by atoms with Gasteiger partial charge in [-0.1, -0.05) is 42.5 Å². The van der Waals surface area contributed by atoms with Crippen LogP contribution in [0.1, 0.15) is 25.3 Å². The van der Waals surface area contributed by atoms with Crippen LogP contribution in [-0.4, -0.2) is 47.5 Å². The second kappa shape index (κ2) is 10.8. The minimum Gasteiger partial charge on any atom is -0.480 e. The van der Waals surface area contributed by atoms with E-state index < -0.39 is 24.0 Å². The first kappa shape index (κ1) is 22.7. The Bertz CT molecular complexity index is 925. The van der Waals surface area contributed by atoms with Gasteiger partial charge in [0.25, 0.3) is 0 Å². The van der Waals surface area contributed by atoms with Gasteiger partial charge in [-0.2, -0.15) is 0 Å². The molecule has 0 heterocycles. The van der Waals surface area contributed by atoms with Gasteiger partial charge in [-0.15, -0.1) is 0 Å². The lowest BCUT2D eigenvalue weighted by Gasteiger charge is -2.22. The number of nitrogens with two attached hydrogens (primary N) is 1. The number of rotatable bonds is 10. The summed E-state index contributed by atoms with van der Waals surface area (Å²) in [5.74, 6) is -2.32. The number of hydrogen-bond donors (Lipinski definition) is 6. The van der Waals surface area contributed by atoms with E-state index >= 15 is 0 Å². The highest BCUT2D eigenvalue weighted by Gasteiger charge is 2.26. The molecule has 30 heavy (non-hydrogen) atoms. The average molecular weight is 413 g/mol. The maximum Gasteiger partial charge on any atom is 0.326 e. The minimum absolute atomic E-state index is 0.155. The Morgan fingerprint density at radius 3 is 2.43 bits per heavy atom. The Balaban J connectivity index is 2.12. The highest BCUT2D eigenvalue weighted by molar-refractivity contribution is 5.91. The third kappa shape index (κ3) is 6.77. The van der Waals surface area contributed by atoms with E-state index in [-0.39, 0.29) is 24.7 Å². The minimum atomic E-state index is -1.17. The Hall–Kier alpha value is -3.62. The number of fused-ring (bicyclic) bond motifs is 1. The monoisotopic (exact) mass is 413 g/mol. The molecule has 0 aliphatic carbocycles. The third-order valence-corrected chi connectivity index (χ3v) is 4.60. The number of hydrogen-bond acceptors (Lipinski definition) is 4. The van der Waals surface area contributed by atoms with Crippen molar-refractivity contribution in [3.8, 4) is 0 Å². The van der Waals surface area contributed by atoms with Crippen molar-refractivity contribution in [1.82, 2.24) is 16.0 Å². The molecule has 9 nitrogen and oxygen atoms in total. The molecule has 2 amide bonds. The van der Waals surface area contributed by atoms with Crippen molar-refractivity contribution in [2.24, 2.45) is 5.73 Å². The molecule has 0 bridgehead atoms. The Labute approximate surface area is 174 Å². The summed E-state index contributed by atoms with van der Waals surface area (Å²) in [6.45, 7) is 1.63. The van der Waals surface area contributed by atoms with Crippen LogP contribution >= 0.6 is 0 Å². The van der Waals surface area contributed by atoms with E-state index in [1.807, 2.05) is 42.5 Å². The molecule has 0 radical (unpaired) electrons. The van der Waals surface area contributed by atoms with E-state index in [4.69, 9.17) is 11.1 Å². The van der Waals surface area contributed by atoms with Crippen LogP contribution < -0.4 is 21.7 Å². The topological polar surface area (TPSA) is 157 Å². The zero-order valence-corrected chi connectivity index (χ0v) is 16.8. The van der Waals surface area contributed by atoms with Gasteiger partial charge in [-0.05, 0) is 29.2 Å². The summed E-state index contributed by atoms with van der Waals surface area (Å²) in [5.41, 5.74) is 6.07. The highest BCUT2D eigenvalue weighted by atomic mass is 16.4. The Morgan fingerprint density at radius 2 is 1.77 bits per heavy atom. The van der Waals surface area contributed by atoms with Crippen molar-refractivity contribution in [3.63, 3.8) is 0 Å². The molecule has 0 aliphatic rings. The number of guanidine groups is 1. The number of carbonyl (C=O) groups is 3. The Morgan fingerprint density at radius 1 is 1.07 bits per heavy atom. The lowest BCUT2D eigenvalue weighted by atomic mass is 9.98. The van der Waals surface area contributed by atoms with E-state index in [0.717, 1.165) is 16.3 Å². The number of aliphatic carboxylic acids is 1. The molecule has 0 aromatic heterocycles. The zero-order chi connectivity index (χ0) is 22.1. The van der Waals surface area contributed by atoms with Gasteiger partial charge in [-0.3, -0.25) is 15.0 Å². The van der Waals surface area contributed by atoms with Crippen molar-refractivity contribution in [1.29, 1.82) is 5.41 Å². The van der Waals surface area contributed by atoms with Gasteiger partial charge in [0.1, 0.15) is 12.1 Å². The summed E-state index contributed by atoms with van der Waals surface area (Å²) in [7, 11) is 0. The molecule has 0 saturated carbocycles. The number of amides is 2. The van der Waals surface area contributed by atoms with Gasteiger partial charge in [0.05, 0.1) is 0 Å². The number of nitrogens with one attached hydrogen (secondary N) is 4. The first-order chi connectivity index (χ1) is 14.3. The van der Waals surface area contributed by atoms with Gasteiger partial charge in [-0.25, -0.2) is 4.79 Å². The van der Waals surface area contributed by atoms with Crippen molar-refractivity contribution < 1.29 is 19.5 Å². The molecule has 7 N–H and O–H groups in total. The molecule has 2 rings (SSSR count). The molecule has 0 fully saturated rings. The standard InChI is InChI=1S/C21H27N5O4/c1-13(27)25-18(12-15-8-4-7-14-6-2-3-9-16(14)15)19(28)26-17(20(29)30)10-5-11-24-21(22)23/h2-4,6-9,17-18H,5,10-12H2,1H3,(H,25,27)(H,26,28)(H,29,30)(H4,22,23,24)/t17-,18-/m0/s1. The number of carboxylic acids is 1. The smallest absolute Gasteiger partial charge is 0.326 e. The number of carboxylic acid groups (broad SMARTS) is 1. The van der Waals surface area contributed by atoms with Gasteiger partial charge >= 0.3 is 5.97 Å². The molecular formula is C21H27N5O4. The molecule has 0 spiro atoms. The second-order valence-corrected chi connectivity index (χ2v) is 6.98. The lowest BCUT2D eigenvalue weighted by molar-refractivity contribution is -0.142. The molecule has 2 aromatic rings. The molecule has 0 saturated heterocycles. The number of carbonyl (C=O) groups excluding carboxylic acids is 2. The van der Waals surface area contributed by atoms with E-state index in [2.05, 4.69) is 16.0 Å². The van der Waals surface area contributed by atoms with Crippen LogP contribution in [0.2, 0.25) is 0 Å². The van der Waals surface area contributed by atoms with Crippen LogP contribution in [0, 0.1) is 5.41 Å². The van der Waals surface area contributed by atoms with Gasteiger partial charge in [0.2, 0.25) is 11.8 Å². The van der Waals surface area contributed by atoms with Gasteiger partial charge in [0, 0.05) is 19.9 Å². The van der Waals surface area contributed by atoms with E-state index in [1.165, 1.54) is 6.92 Å². The maximum atomic E-state index is 12.8. The molecule has 0 aliphatic heterocycles. The van der Waals surface area contributed by atoms with Gasteiger partial charge in [0.15, 0.2) is 5.96 Å². The Kier molecular flexibility index (Phi) is 8.16. The summed E-state index contributed by atoms with van der Waals surface area (Å²) >= 11 is 0. The van der Waals surface area contributed by atoms with E-state index in [1.54, 1.807) is 0 Å². The van der Waals surface area contributed by atoms with E-state index in [0.29, 0.717) is 13.0 Å². The fraction of sp³-hybridized carbons (Fsp3) is 0.333. The normalized spacial score (nSPS) is 12.6. The third-order valence-electron chi connectivity index (χ3n) is 4.60. The summed E-state index contributed by atoms with van der Waals surface area (Å²) in [6, 6.07) is 11.4. The zero-order valence-electron chi connectivity index (χ0n) is 16.8. The molecule has 2 atom stereocenters. The van der Waals surface area contributed by atoms with Crippen LogP contribution in [0.15, 0.2) is 42.5 Å². The lowest BCUT2D eigenvalue weighted by Crippen LogP contribution is -2.52. The first-order valence-electron chi connectivity index (χ1n) is 9.62. The number of benzene rings is 2. The summed E-state index contributed by atoms with van der Waals surface area (Å²) < 4.78 is 0. The van der Waals surface area contributed by atoms with Crippen LogP contribution in [0.5, 0.6) is 0 Å². The fourth-order valence-corrected chi connectivity index (χ4v) is 3.20. The molecular weight excluding hydrogens is 386 g/mol. The quantitative estimate of drug-likeness (QED) is 0.191. The van der Waals surface area contributed by atoms with Crippen LogP contribution in [-0.2, 0) is 20.8 Å². The van der Waals surface area contributed by atoms with E-state index in [9.17, 15) is 19.5 Å². The largest absolute Gasteiger partial charge is 0.480 e. The predicted molar refractivity (Wildman–Crippen MR) is 114 cm³/mol. The van der Waals surface area contributed by atoms with Crippen molar-refractivity contribution >= 4 is 34.5 Å². The van der Waals surface area contributed by atoms with Crippen molar-refractivity contribution in [2.45, 2.75) is 38.3 Å². The first-order valence-corrected chi connectivity index (χ1v) is 9.62. The molecule has 160 valence electrons. The molecule has 9 heteroatoms. The highest BCUT2D eigenvalue weighted by Crippen LogP contribution is 2.20. The second-order valence-electron chi connectivity index (χ2n) is 6.98. The summed E-state index contributed by atoms with van der Waals surface area (Å²) in [4.78, 5) is 36.0. The van der Waals surface area contributed by atoms with Crippen LogP contribution in [0.25, 0.3) is 10.8 Å². The molecule has 0 unspecified atom stereocenters. The SMILES string of the molecule is CC(=O)N[C@@H](Cc1cccc2ccccc12)C(=O)N[C@@H](CCCNC(=N)N)C(=O)O. The fourth-order valence-electron chi connectivity index (χ4n) is 3.20. The van der Waals surface area contributed by atoms with Crippen LogP contribution in [0.3, 0.4) is 0 Å².